The van der Waals surface area contributed by atoms with Gasteiger partial charge in [-0.05, 0) is 43.5 Å². The average molecular weight is 431 g/mol. The molecule has 0 aliphatic carbocycles. The van der Waals surface area contributed by atoms with Crippen LogP contribution in [-0.2, 0) is 4.79 Å². The van der Waals surface area contributed by atoms with E-state index in [2.05, 4.69) is 10.2 Å². The lowest BCUT2D eigenvalue weighted by molar-refractivity contribution is -0.129. The van der Waals surface area contributed by atoms with Gasteiger partial charge in [0, 0.05) is 18.7 Å². The summed E-state index contributed by atoms with van der Waals surface area (Å²) in [5.41, 5.74) is 0.972. The van der Waals surface area contributed by atoms with E-state index >= 15 is 0 Å². The van der Waals surface area contributed by atoms with Gasteiger partial charge in [0.25, 0.3) is 0 Å². The minimum atomic E-state index is -0.398. The van der Waals surface area contributed by atoms with Crippen LogP contribution in [0.4, 0.5) is 4.39 Å². The monoisotopic (exact) mass is 430 g/mol. The second kappa shape index (κ2) is 8.97. The fraction of sp³-hybridized carbons (Fsp3) is 0.286. The van der Waals surface area contributed by atoms with E-state index < -0.39 is 5.82 Å². The van der Waals surface area contributed by atoms with Crippen LogP contribution in [0, 0.1) is 5.82 Å². The van der Waals surface area contributed by atoms with E-state index in [0.717, 1.165) is 25.9 Å². The molecule has 5 nitrogen and oxygen atoms in total. The molecule has 1 saturated heterocycles. The molecule has 0 bridgehead atoms. The van der Waals surface area contributed by atoms with Crippen LogP contribution in [0.2, 0.25) is 5.02 Å². The van der Waals surface area contributed by atoms with Crippen molar-refractivity contribution >= 4 is 29.3 Å². The summed E-state index contributed by atoms with van der Waals surface area (Å²) in [5, 5.41) is 9.47. The molecule has 1 aliphatic heterocycles. The molecule has 0 saturated carbocycles. The maximum Gasteiger partial charge on any atom is 0.233 e. The number of carbonyl (C=O) groups is 1. The summed E-state index contributed by atoms with van der Waals surface area (Å²) in [6.45, 7) is 1.59. The summed E-state index contributed by atoms with van der Waals surface area (Å²) in [4.78, 5) is 14.5. The first-order chi connectivity index (χ1) is 14.1. The Morgan fingerprint density at radius 1 is 1.03 bits per heavy atom. The number of carbonyl (C=O) groups excluding carboxylic acids is 1. The van der Waals surface area contributed by atoms with Gasteiger partial charge in [0.05, 0.1) is 16.5 Å². The molecule has 1 aromatic heterocycles. The molecule has 150 valence electrons. The quantitative estimate of drug-likeness (QED) is 0.544. The molecule has 1 amide bonds. The fourth-order valence-electron chi connectivity index (χ4n) is 3.39. The van der Waals surface area contributed by atoms with Gasteiger partial charge in [0.15, 0.2) is 11.0 Å². The number of amides is 1. The topological polar surface area (TPSA) is 51.0 Å². The van der Waals surface area contributed by atoms with Crippen molar-refractivity contribution < 1.29 is 9.18 Å². The highest BCUT2D eigenvalue weighted by Crippen LogP contribution is 2.32. The lowest BCUT2D eigenvalue weighted by Crippen LogP contribution is -2.36. The number of rotatable bonds is 5. The molecule has 0 atom stereocenters. The van der Waals surface area contributed by atoms with Crippen molar-refractivity contribution in [2.24, 2.45) is 0 Å². The zero-order valence-corrected chi connectivity index (χ0v) is 17.3. The van der Waals surface area contributed by atoms with E-state index in [0.29, 0.717) is 27.3 Å². The Morgan fingerprint density at radius 2 is 1.76 bits per heavy atom. The highest BCUT2D eigenvalue weighted by atomic mass is 35.5. The fourth-order valence-corrected chi connectivity index (χ4v) is 4.46. The van der Waals surface area contributed by atoms with Crippen LogP contribution >= 0.6 is 23.4 Å². The zero-order chi connectivity index (χ0) is 20.2. The van der Waals surface area contributed by atoms with Gasteiger partial charge in [-0.25, -0.2) is 4.39 Å². The van der Waals surface area contributed by atoms with E-state index in [4.69, 9.17) is 11.6 Å². The van der Waals surface area contributed by atoms with Crippen LogP contribution in [0.15, 0.2) is 53.7 Å². The Bertz CT molecular complexity index is 1020. The Kier molecular flexibility index (Phi) is 6.16. The summed E-state index contributed by atoms with van der Waals surface area (Å²) < 4.78 is 16.3. The van der Waals surface area contributed by atoms with Crippen LogP contribution in [-0.4, -0.2) is 44.4 Å². The van der Waals surface area contributed by atoms with Crippen LogP contribution in [0.3, 0.4) is 0 Å². The van der Waals surface area contributed by atoms with Crippen molar-refractivity contribution in [2.45, 2.75) is 24.4 Å². The van der Waals surface area contributed by atoms with Gasteiger partial charge in [0.2, 0.25) is 5.91 Å². The van der Waals surface area contributed by atoms with Crippen LogP contribution in [0.25, 0.3) is 17.1 Å². The van der Waals surface area contributed by atoms with E-state index in [1.165, 1.54) is 24.2 Å². The number of hydrogen-bond donors (Lipinski definition) is 0. The van der Waals surface area contributed by atoms with Crippen LogP contribution < -0.4 is 0 Å². The first-order valence-corrected chi connectivity index (χ1v) is 10.9. The van der Waals surface area contributed by atoms with E-state index in [1.54, 1.807) is 28.8 Å². The van der Waals surface area contributed by atoms with Gasteiger partial charge < -0.3 is 4.90 Å². The number of piperidine rings is 1. The molecule has 4 rings (SSSR count). The normalized spacial score (nSPS) is 14.2. The molecule has 2 heterocycles. The third kappa shape index (κ3) is 4.31. The van der Waals surface area contributed by atoms with Crippen molar-refractivity contribution in [3.05, 3.63) is 59.4 Å². The first kappa shape index (κ1) is 19.9. The van der Waals surface area contributed by atoms with Crippen LogP contribution in [0.1, 0.15) is 19.3 Å². The van der Waals surface area contributed by atoms with Gasteiger partial charge in [-0.1, -0.05) is 47.6 Å². The van der Waals surface area contributed by atoms with Crippen molar-refractivity contribution in [1.29, 1.82) is 0 Å². The van der Waals surface area contributed by atoms with Gasteiger partial charge in [-0.15, -0.1) is 10.2 Å². The number of aromatic nitrogens is 3. The molecule has 0 spiro atoms. The molecule has 8 heteroatoms. The third-order valence-corrected chi connectivity index (χ3v) is 6.12. The summed E-state index contributed by atoms with van der Waals surface area (Å²) in [7, 11) is 0. The second-order valence-electron chi connectivity index (χ2n) is 6.80. The van der Waals surface area contributed by atoms with Crippen molar-refractivity contribution in [3.8, 4) is 17.1 Å². The van der Waals surface area contributed by atoms with E-state index in [1.807, 2.05) is 23.1 Å². The summed E-state index contributed by atoms with van der Waals surface area (Å²) >= 11 is 7.62. The minimum Gasteiger partial charge on any atom is -0.342 e. The van der Waals surface area contributed by atoms with Gasteiger partial charge in [-0.2, -0.15) is 0 Å². The Hall–Kier alpha value is -2.38. The molecule has 0 unspecified atom stereocenters. The first-order valence-electron chi connectivity index (χ1n) is 9.51. The van der Waals surface area contributed by atoms with Crippen molar-refractivity contribution in [2.75, 3.05) is 18.8 Å². The number of nitrogens with zero attached hydrogens (tertiary/aromatic N) is 4. The molecule has 2 aromatic carbocycles. The Balaban J connectivity index is 1.68. The van der Waals surface area contributed by atoms with E-state index in [9.17, 15) is 9.18 Å². The molecule has 3 aromatic rings. The lowest BCUT2D eigenvalue weighted by atomic mass is 10.1. The number of likely N-dealkylation sites (tertiary alicyclic amines) is 1. The highest BCUT2D eigenvalue weighted by Gasteiger charge is 2.22. The number of thioether (sulfide) groups is 1. The molecule has 1 fully saturated rings. The molecule has 0 radical (unpaired) electrons. The Morgan fingerprint density at radius 3 is 2.52 bits per heavy atom. The number of halogens is 2. The van der Waals surface area contributed by atoms with Gasteiger partial charge in [-0.3, -0.25) is 9.36 Å². The van der Waals surface area contributed by atoms with Crippen LogP contribution in [0.5, 0.6) is 0 Å². The standard InChI is InChI=1S/C21H20ClFN4OS/c22-16-9-3-2-8-15(16)20-24-25-21(27(20)18-11-5-4-10-17(18)23)29-14-19(28)26-12-6-1-7-13-26/h2-5,8-11H,1,6-7,12-14H2. The largest absolute Gasteiger partial charge is 0.342 e. The SMILES string of the molecule is O=C(CSc1nnc(-c2ccccc2Cl)n1-c1ccccc1F)N1CCCCC1. The molecule has 29 heavy (non-hydrogen) atoms. The average Bonchev–Trinajstić information content (AvgIpc) is 3.16. The zero-order valence-electron chi connectivity index (χ0n) is 15.7. The molecule has 1 aliphatic rings. The third-order valence-electron chi connectivity index (χ3n) is 4.87. The summed E-state index contributed by atoms with van der Waals surface area (Å²) in [6.07, 6.45) is 3.25. The summed E-state index contributed by atoms with van der Waals surface area (Å²) in [5.74, 6) is 0.338. The smallest absolute Gasteiger partial charge is 0.233 e. The minimum absolute atomic E-state index is 0.0667. The molecular formula is C21H20ClFN4OS. The summed E-state index contributed by atoms with van der Waals surface area (Å²) in [6, 6.07) is 13.7. The predicted octanol–water partition coefficient (Wildman–Crippen LogP) is 4.83. The predicted molar refractivity (Wildman–Crippen MR) is 113 cm³/mol. The van der Waals surface area contributed by atoms with Gasteiger partial charge >= 0.3 is 0 Å². The molecular weight excluding hydrogens is 411 g/mol. The maximum absolute atomic E-state index is 14.6. The number of hydrogen-bond acceptors (Lipinski definition) is 4. The highest BCUT2D eigenvalue weighted by molar-refractivity contribution is 7.99. The van der Waals surface area contributed by atoms with Crippen molar-refractivity contribution in [1.82, 2.24) is 19.7 Å². The molecule has 0 N–H and O–H groups in total. The number of benzene rings is 2. The lowest BCUT2D eigenvalue weighted by Gasteiger charge is -2.26. The van der Waals surface area contributed by atoms with E-state index in [-0.39, 0.29) is 11.7 Å². The second-order valence-corrected chi connectivity index (χ2v) is 8.15. The van der Waals surface area contributed by atoms with Crippen molar-refractivity contribution in [3.63, 3.8) is 0 Å². The maximum atomic E-state index is 14.6. The van der Waals surface area contributed by atoms with Gasteiger partial charge in [0.1, 0.15) is 5.82 Å². The number of para-hydroxylation sites is 1. The Labute approximate surface area is 177 Å².